The van der Waals surface area contributed by atoms with Gasteiger partial charge in [0, 0.05) is 25.6 Å². The van der Waals surface area contributed by atoms with Gasteiger partial charge in [-0.1, -0.05) is 0 Å². The Balaban J connectivity index is 2.46. The molecule has 1 aliphatic rings. The van der Waals surface area contributed by atoms with Crippen LogP contribution >= 0.6 is 0 Å². The maximum atomic E-state index is 11.8. The fraction of sp³-hybridized carbons (Fsp3) is 0.727. The molecule has 0 aromatic rings. The van der Waals surface area contributed by atoms with E-state index in [2.05, 4.69) is 5.32 Å². The topological polar surface area (TPSA) is 113 Å². The predicted molar refractivity (Wildman–Crippen MR) is 63.7 cm³/mol. The van der Waals surface area contributed by atoms with Crippen molar-refractivity contribution in [2.45, 2.75) is 32.2 Å². The number of carbonyl (C=O) groups is 3. The smallest absolute Gasteiger partial charge is 0.317 e. The summed E-state index contributed by atoms with van der Waals surface area (Å²) in [6.07, 6.45) is 1.34. The highest BCUT2D eigenvalue weighted by Gasteiger charge is 2.28. The molecule has 0 aromatic carbocycles. The van der Waals surface area contributed by atoms with Crippen molar-refractivity contribution in [2.24, 2.45) is 11.7 Å². The van der Waals surface area contributed by atoms with E-state index in [4.69, 9.17) is 10.8 Å². The van der Waals surface area contributed by atoms with Crippen molar-refractivity contribution in [3.8, 4) is 0 Å². The number of carbonyl (C=O) groups excluding carboxylic acids is 2. The molecule has 0 saturated carbocycles. The molecule has 1 rings (SSSR count). The van der Waals surface area contributed by atoms with E-state index in [1.165, 1.54) is 4.90 Å². The number of primary amides is 1. The van der Waals surface area contributed by atoms with E-state index in [-0.39, 0.29) is 25.0 Å². The van der Waals surface area contributed by atoms with Crippen molar-refractivity contribution >= 4 is 17.9 Å². The van der Waals surface area contributed by atoms with Crippen molar-refractivity contribution in [3.63, 3.8) is 0 Å². The lowest BCUT2D eigenvalue weighted by Gasteiger charge is -2.31. The number of nitrogens with two attached hydrogens (primary N) is 1. The van der Waals surface area contributed by atoms with Crippen LogP contribution in [-0.2, 0) is 9.59 Å². The van der Waals surface area contributed by atoms with Gasteiger partial charge >= 0.3 is 12.0 Å². The molecule has 0 aromatic heterocycles. The molecule has 102 valence electrons. The second-order valence-corrected chi connectivity index (χ2v) is 4.64. The Kier molecular flexibility index (Phi) is 4.94. The van der Waals surface area contributed by atoms with Gasteiger partial charge in [0.1, 0.15) is 0 Å². The molecule has 7 nitrogen and oxygen atoms in total. The van der Waals surface area contributed by atoms with Crippen LogP contribution < -0.4 is 11.1 Å². The van der Waals surface area contributed by atoms with Crippen LogP contribution in [0.15, 0.2) is 0 Å². The van der Waals surface area contributed by atoms with E-state index in [1.54, 1.807) is 6.92 Å². The second-order valence-electron chi connectivity index (χ2n) is 4.64. The van der Waals surface area contributed by atoms with Crippen molar-refractivity contribution in [2.75, 3.05) is 13.1 Å². The number of amides is 3. The molecular weight excluding hydrogens is 238 g/mol. The molecule has 3 amide bonds. The minimum atomic E-state index is -0.877. The van der Waals surface area contributed by atoms with Crippen LogP contribution in [0.25, 0.3) is 0 Å². The fourth-order valence-electron chi connectivity index (χ4n) is 2.02. The molecule has 1 heterocycles. The highest BCUT2D eigenvalue weighted by molar-refractivity contribution is 5.78. The molecule has 0 radical (unpaired) electrons. The molecule has 0 spiro atoms. The molecule has 1 aliphatic heterocycles. The summed E-state index contributed by atoms with van der Waals surface area (Å²) in [5.41, 5.74) is 5.03. The van der Waals surface area contributed by atoms with Crippen molar-refractivity contribution in [3.05, 3.63) is 0 Å². The maximum absolute atomic E-state index is 11.8. The van der Waals surface area contributed by atoms with Crippen LogP contribution in [-0.4, -0.2) is 47.0 Å². The number of carboxylic acids is 1. The van der Waals surface area contributed by atoms with E-state index < -0.39 is 17.8 Å². The molecule has 4 N–H and O–H groups in total. The molecule has 2 unspecified atom stereocenters. The molecule has 2 atom stereocenters. The SMILES string of the molecule is CC(CC(N)=O)NC(=O)N1CCCC(C(=O)O)C1. The van der Waals surface area contributed by atoms with E-state index in [0.29, 0.717) is 19.4 Å². The minimum Gasteiger partial charge on any atom is -0.481 e. The molecule has 0 bridgehead atoms. The monoisotopic (exact) mass is 257 g/mol. The van der Waals surface area contributed by atoms with Gasteiger partial charge in [0.15, 0.2) is 0 Å². The van der Waals surface area contributed by atoms with E-state index >= 15 is 0 Å². The summed E-state index contributed by atoms with van der Waals surface area (Å²) < 4.78 is 0. The summed E-state index contributed by atoms with van der Waals surface area (Å²) in [6.45, 7) is 2.44. The third-order valence-electron chi connectivity index (χ3n) is 2.94. The molecule has 7 heteroatoms. The van der Waals surface area contributed by atoms with E-state index in [1.807, 2.05) is 0 Å². The number of hydrogen-bond acceptors (Lipinski definition) is 3. The number of piperidine rings is 1. The highest BCUT2D eigenvalue weighted by atomic mass is 16.4. The van der Waals surface area contributed by atoms with E-state index in [9.17, 15) is 14.4 Å². The van der Waals surface area contributed by atoms with Crippen molar-refractivity contribution in [1.82, 2.24) is 10.2 Å². The molecular formula is C11H19N3O4. The number of rotatable bonds is 4. The number of likely N-dealkylation sites (tertiary alicyclic amines) is 1. The zero-order valence-corrected chi connectivity index (χ0v) is 10.4. The number of hydrogen-bond donors (Lipinski definition) is 3. The lowest BCUT2D eigenvalue weighted by molar-refractivity contribution is -0.143. The largest absolute Gasteiger partial charge is 0.481 e. The molecule has 18 heavy (non-hydrogen) atoms. The number of nitrogens with zero attached hydrogens (tertiary/aromatic N) is 1. The Labute approximate surface area is 105 Å². The molecule has 0 aliphatic carbocycles. The lowest BCUT2D eigenvalue weighted by Crippen LogP contribution is -2.49. The van der Waals surface area contributed by atoms with Crippen LogP contribution in [0.3, 0.4) is 0 Å². The van der Waals surface area contributed by atoms with Crippen LogP contribution in [0.2, 0.25) is 0 Å². The zero-order valence-electron chi connectivity index (χ0n) is 10.4. The quantitative estimate of drug-likeness (QED) is 0.644. The average molecular weight is 257 g/mol. The fourth-order valence-corrected chi connectivity index (χ4v) is 2.02. The Bertz CT molecular complexity index is 345. The molecule has 1 fully saturated rings. The standard InChI is InChI=1S/C11H19N3O4/c1-7(5-9(12)15)13-11(18)14-4-2-3-8(6-14)10(16)17/h7-8H,2-6H2,1H3,(H2,12,15)(H,13,18)(H,16,17). The average Bonchev–Trinajstić information content (AvgIpc) is 2.27. The number of carboxylic acid groups (broad SMARTS) is 1. The van der Waals surface area contributed by atoms with Gasteiger partial charge in [-0.2, -0.15) is 0 Å². The van der Waals surface area contributed by atoms with E-state index in [0.717, 1.165) is 0 Å². The van der Waals surface area contributed by atoms with Crippen LogP contribution in [0, 0.1) is 5.92 Å². The number of urea groups is 1. The van der Waals surface area contributed by atoms with Gasteiger partial charge in [0.2, 0.25) is 5.91 Å². The normalized spacial score (nSPS) is 21.2. The first kappa shape index (κ1) is 14.3. The Morgan fingerprint density at radius 3 is 2.72 bits per heavy atom. The summed E-state index contributed by atoms with van der Waals surface area (Å²) in [4.78, 5) is 34.9. The van der Waals surface area contributed by atoms with Gasteiger partial charge < -0.3 is 21.1 Å². The van der Waals surface area contributed by atoms with Gasteiger partial charge in [-0.15, -0.1) is 0 Å². The van der Waals surface area contributed by atoms with Gasteiger partial charge in [0.05, 0.1) is 5.92 Å². The first-order valence-electron chi connectivity index (χ1n) is 5.96. The maximum Gasteiger partial charge on any atom is 0.317 e. The summed E-state index contributed by atoms with van der Waals surface area (Å²) in [6, 6.07) is -0.685. The molecule has 1 saturated heterocycles. The van der Waals surface area contributed by atoms with Gasteiger partial charge in [0.25, 0.3) is 0 Å². The van der Waals surface area contributed by atoms with Crippen molar-refractivity contribution in [1.29, 1.82) is 0 Å². The van der Waals surface area contributed by atoms with Crippen LogP contribution in [0.1, 0.15) is 26.2 Å². The Hall–Kier alpha value is -1.79. The third-order valence-corrected chi connectivity index (χ3v) is 2.94. The summed E-state index contributed by atoms with van der Waals surface area (Å²) in [5.74, 6) is -1.86. The number of aliphatic carboxylic acids is 1. The number of nitrogens with one attached hydrogen (secondary N) is 1. The Morgan fingerprint density at radius 1 is 1.50 bits per heavy atom. The summed E-state index contributed by atoms with van der Waals surface area (Å²) >= 11 is 0. The third kappa shape index (κ3) is 4.23. The van der Waals surface area contributed by atoms with Crippen LogP contribution in [0.4, 0.5) is 4.79 Å². The lowest BCUT2D eigenvalue weighted by atomic mass is 9.99. The highest BCUT2D eigenvalue weighted by Crippen LogP contribution is 2.16. The summed E-state index contributed by atoms with van der Waals surface area (Å²) in [7, 11) is 0. The van der Waals surface area contributed by atoms with Crippen molar-refractivity contribution < 1.29 is 19.5 Å². The van der Waals surface area contributed by atoms with Gasteiger partial charge in [-0.3, -0.25) is 9.59 Å². The first-order valence-corrected chi connectivity index (χ1v) is 5.96. The van der Waals surface area contributed by atoms with Gasteiger partial charge in [-0.25, -0.2) is 4.79 Å². The summed E-state index contributed by atoms with van der Waals surface area (Å²) in [5, 5.41) is 11.6. The predicted octanol–water partition coefficient (Wildman–Crippen LogP) is -0.243. The van der Waals surface area contributed by atoms with Crippen LogP contribution in [0.5, 0.6) is 0 Å². The van der Waals surface area contributed by atoms with Gasteiger partial charge in [-0.05, 0) is 19.8 Å². The Morgan fingerprint density at radius 2 is 2.17 bits per heavy atom. The zero-order chi connectivity index (χ0) is 13.7. The second kappa shape index (κ2) is 6.23. The first-order chi connectivity index (χ1) is 8.40. The minimum absolute atomic E-state index is 0.0714.